The van der Waals surface area contributed by atoms with Crippen molar-refractivity contribution in [3.63, 3.8) is 0 Å². The maximum absolute atomic E-state index is 12.6. The van der Waals surface area contributed by atoms with Crippen molar-refractivity contribution in [2.75, 3.05) is 18.4 Å². The van der Waals surface area contributed by atoms with Gasteiger partial charge in [-0.3, -0.25) is 9.59 Å². The van der Waals surface area contributed by atoms with Gasteiger partial charge in [0.1, 0.15) is 0 Å². The largest absolute Gasteiger partial charge is 0.341 e. The van der Waals surface area contributed by atoms with Crippen molar-refractivity contribution in [2.45, 2.75) is 44.1 Å². The van der Waals surface area contributed by atoms with Crippen LogP contribution in [0.4, 0.5) is 5.69 Å². The minimum atomic E-state index is -0.654. The number of halogens is 1. The highest BCUT2D eigenvalue weighted by molar-refractivity contribution is 5.93. The third-order valence-electron chi connectivity index (χ3n) is 5.12. The second kappa shape index (κ2) is 7.99. The van der Waals surface area contributed by atoms with Crippen molar-refractivity contribution in [1.82, 2.24) is 4.90 Å². The topological polar surface area (TPSA) is 75.4 Å². The van der Waals surface area contributed by atoms with Crippen molar-refractivity contribution < 1.29 is 9.59 Å². The molecule has 2 fully saturated rings. The molecule has 0 aromatic heterocycles. The van der Waals surface area contributed by atoms with Gasteiger partial charge in [-0.2, -0.15) is 0 Å². The van der Waals surface area contributed by atoms with Gasteiger partial charge in [-0.05, 0) is 37.8 Å². The molecule has 0 bridgehead atoms. The number of amides is 2. The number of carbonyl (C=O) groups excluding carboxylic acids is 2. The molecule has 6 heteroatoms. The lowest BCUT2D eigenvalue weighted by molar-refractivity contribution is -0.139. The van der Waals surface area contributed by atoms with Crippen LogP contribution >= 0.6 is 12.4 Å². The number of nitrogens with one attached hydrogen (secondary N) is 1. The van der Waals surface area contributed by atoms with E-state index in [1.165, 1.54) is 0 Å². The molecule has 1 saturated carbocycles. The summed E-state index contributed by atoms with van der Waals surface area (Å²) in [6.07, 6.45) is 5.08. The third-order valence-corrected chi connectivity index (χ3v) is 5.12. The van der Waals surface area contributed by atoms with Gasteiger partial charge < -0.3 is 16.0 Å². The van der Waals surface area contributed by atoms with Crippen LogP contribution in [-0.2, 0) is 9.59 Å². The van der Waals surface area contributed by atoms with Gasteiger partial charge in [0.15, 0.2) is 0 Å². The highest BCUT2D eigenvalue weighted by Crippen LogP contribution is 2.30. The van der Waals surface area contributed by atoms with Crippen molar-refractivity contribution in [3.05, 3.63) is 30.3 Å². The quantitative estimate of drug-likeness (QED) is 0.878. The standard InChI is InChI=1S/C18H25N3O2.ClH/c19-18(10-4-5-11-18)17(23)21-12-8-14(9-13-21)16(22)20-15-6-2-1-3-7-15;/h1-3,6-7,14H,4-5,8-13,19H2,(H,20,22);1H. The van der Waals surface area contributed by atoms with Crippen molar-refractivity contribution in [1.29, 1.82) is 0 Å². The molecule has 2 amide bonds. The molecule has 3 rings (SSSR count). The number of anilines is 1. The van der Waals surface area contributed by atoms with E-state index in [0.29, 0.717) is 25.9 Å². The molecule has 132 valence electrons. The zero-order valence-electron chi connectivity index (χ0n) is 13.9. The number of rotatable bonds is 3. The smallest absolute Gasteiger partial charge is 0.242 e. The number of benzene rings is 1. The lowest BCUT2D eigenvalue weighted by Crippen LogP contribution is -2.55. The molecule has 1 aromatic rings. The third kappa shape index (κ3) is 4.08. The second-order valence-corrected chi connectivity index (χ2v) is 6.78. The van der Waals surface area contributed by atoms with Gasteiger partial charge in [-0.15, -0.1) is 12.4 Å². The van der Waals surface area contributed by atoms with Crippen molar-refractivity contribution in [2.24, 2.45) is 11.7 Å². The Morgan fingerprint density at radius 3 is 2.25 bits per heavy atom. The molecule has 1 saturated heterocycles. The summed E-state index contributed by atoms with van der Waals surface area (Å²) in [6.45, 7) is 1.26. The predicted molar refractivity (Wildman–Crippen MR) is 97.0 cm³/mol. The molecule has 1 aliphatic heterocycles. The lowest BCUT2D eigenvalue weighted by Gasteiger charge is -2.36. The molecule has 2 aliphatic rings. The van der Waals surface area contributed by atoms with Crippen LogP contribution in [0.2, 0.25) is 0 Å². The molecule has 24 heavy (non-hydrogen) atoms. The predicted octanol–water partition coefficient (Wildman–Crippen LogP) is 2.56. The molecule has 0 atom stereocenters. The number of nitrogens with zero attached hydrogens (tertiary/aromatic N) is 1. The van der Waals surface area contributed by atoms with Crippen LogP contribution in [0.5, 0.6) is 0 Å². The zero-order valence-corrected chi connectivity index (χ0v) is 14.7. The van der Waals surface area contributed by atoms with Crippen LogP contribution in [0.1, 0.15) is 38.5 Å². The van der Waals surface area contributed by atoms with E-state index >= 15 is 0 Å². The van der Waals surface area contributed by atoms with Gasteiger partial charge in [0.05, 0.1) is 5.54 Å². The van der Waals surface area contributed by atoms with E-state index in [0.717, 1.165) is 31.4 Å². The Morgan fingerprint density at radius 1 is 1.08 bits per heavy atom. The van der Waals surface area contributed by atoms with Gasteiger partial charge in [0, 0.05) is 24.7 Å². The normalized spacial score (nSPS) is 20.3. The van der Waals surface area contributed by atoms with Crippen LogP contribution < -0.4 is 11.1 Å². The monoisotopic (exact) mass is 351 g/mol. The number of para-hydroxylation sites is 1. The summed E-state index contributed by atoms with van der Waals surface area (Å²) in [5, 5.41) is 2.95. The van der Waals surface area contributed by atoms with Crippen LogP contribution in [0, 0.1) is 5.92 Å². The summed E-state index contributed by atoms with van der Waals surface area (Å²) in [5.74, 6) is 0.0973. The summed E-state index contributed by atoms with van der Waals surface area (Å²) in [7, 11) is 0. The molecular formula is C18H26ClN3O2. The zero-order chi connectivity index (χ0) is 16.3. The van der Waals surface area contributed by atoms with Crippen molar-refractivity contribution >= 4 is 29.9 Å². The van der Waals surface area contributed by atoms with Gasteiger partial charge in [-0.25, -0.2) is 0 Å². The minimum absolute atomic E-state index is 0. The average Bonchev–Trinajstić information content (AvgIpc) is 3.03. The van der Waals surface area contributed by atoms with E-state index in [1.54, 1.807) is 0 Å². The van der Waals surface area contributed by atoms with Gasteiger partial charge in [0.2, 0.25) is 11.8 Å². The van der Waals surface area contributed by atoms with Crippen LogP contribution in [0.15, 0.2) is 30.3 Å². The molecule has 1 aliphatic carbocycles. The Morgan fingerprint density at radius 2 is 1.67 bits per heavy atom. The molecule has 1 heterocycles. The highest BCUT2D eigenvalue weighted by Gasteiger charge is 2.41. The number of carbonyl (C=O) groups is 2. The lowest BCUT2D eigenvalue weighted by atomic mass is 9.92. The summed E-state index contributed by atoms with van der Waals surface area (Å²) < 4.78 is 0. The van der Waals surface area contributed by atoms with Crippen LogP contribution in [0.25, 0.3) is 0 Å². The van der Waals surface area contributed by atoms with Gasteiger partial charge in [0.25, 0.3) is 0 Å². The molecule has 1 aromatic carbocycles. The van der Waals surface area contributed by atoms with E-state index in [2.05, 4.69) is 5.32 Å². The molecule has 0 unspecified atom stereocenters. The van der Waals surface area contributed by atoms with Gasteiger partial charge >= 0.3 is 0 Å². The molecular weight excluding hydrogens is 326 g/mol. The maximum Gasteiger partial charge on any atom is 0.242 e. The summed E-state index contributed by atoms with van der Waals surface area (Å²) >= 11 is 0. The Kier molecular flexibility index (Phi) is 6.24. The number of likely N-dealkylation sites (tertiary alicyclic amines) is 1. The van der Waals surface area contributed by atoms with Crippen molar-refractivity contribution in [3.8, 4) is 0 Å². The fraction of sp³-hybridized carbons (Fsp3) is 0.556. The number of hydrogen-bond acceptors (Lipinski definition) is 3. The minimum Gasteiger partial charge on any atom is -0.341 e. The van der Waals surface area contributed by atoms with E-state index < -0.39 is 5.54 Å². The van der Waals surface area contributed by atoms with E-state index in [1.807, 2.05) is 35.2 Å². The fourth-order valence-corrected chi connectivity index (χ4v) is 3.65. The van der Waals surface area contributed by atoms with Crippen LogP contribution in [0.3, 0.4) is 0 Å². The fourth-order valence-electron chi connectivity index (χ4n) is 3.65. The second-order valence-electron chi connectivity index (χ2n) is 6.78. The SMILES string of the molecule is Cl.NC1(C(=O)N2CCC(C(=O)Nc3ccccc3)CC2)CCCC1. The van der Waals surface area contributed by atoms with E-state index in [-0.39, 0.29) is 30.1 Å². The van der Waals surface area contributed by atoms with E-state index in [9.17, 15) is 9.59 Å². The summed E-state index contributed by atoms with van der Waals surface area (Å²) in [4.78, 5) is 26.8. The Labute approximate surface area is 149 Å². The molecule has 0 radical (unpaired) electrons. The van der Waals surface area contributed by atoms with Gasteiger partial charge in [-0.1, -0.05) is 31.0 Å². The molecule has 5 nitrogen and oxygen atoms in total. The highest BCUT2D eigenvalue weighted by atomic mass is 35.5. The van der Waals surface area contributed by atoms with E-state index in [4.69, 9.17) is 5.73 Å². The molecule has 3 N–H and O–H groups in total. The first-order chi connectivity index (χ1) is 11.1. The average molecular weight is 352 g/mol. The van der Waals surface area contributed by atoms with Crippen LogP contribution in [-0.4, -0.2) is 35.3 Å². The first-order valence-corrected chi connectivity index (χ1v) is 8.53. The number of nitrogens with two attached hydrogens (primary N) is 1. The summed E-state index contributed by atoms with van der Waals surface area (Å²) in [5.41, 5.74) is 6.43. The Bertz CT molecular complexity index is 565. The molecule has 0 spiro atoms. The first kappa shape index (κ1) is 18.7. The summed E-state index contributed by atoms with van der Waals surface area (Å²) in [6, 6.07) is 9.49. The first-order valence-electron chi connectivity index (χ1n) is 8.53. The Balaban J connectivity index is 0.00000208. The maximum atomic E-state index is 12.6. The number of piperidine rings is 1. The number of hydrogen-bond donors (Lipinski definition) is 2. The Hall–Kier alpha value is -1.59.